The molecule has 5 nitrogen and oxygen atoms in total. The van der Waals surface area contributed by atoms with Crippen molar-refractivity contribution < 1.29 is 19.1 Å². The fourth-order valence-electron chi connectivity index (χ4n) is 3.76. The number of aromatic nitrogens is 1. The predicted octanol–water partition coefficient (Wildman–Crippen LogP) is 5.72. The van der Waals surface area contributed by atoms with Crippen molar-refractivity contribution in [3.8, 4) is 0 Å². The molecule has 8 heteroatoms. The summed E-state index contributed by atoms with van der Waals surface area (Å²) in [4.78, 5) is 32.0. The second-order valence-electron chi connectivity index (χ2n) is 7.20. The van der Waals surface area contributed by atoms with Crippen molar-refractivity contribution in [2.24, 2.45) is 0 Å². The van der Waals surface area contributed by atoms with Gasteiger partial charge >= 0.3 is 5.91 Å². The summed E-state index contributed by atoms with van der Waals surface area (Å²) in [6.45, 7) is 0. The number of aliphatic hydroxyl groups excluding tert-OH is 1. The summed E-state index contributed by atoms with van der Waals surface area (Å²) in [7, 11) is 0. The van der Waals surface area contributed by atoms with E-state index in [-0.39, 0.29) is 16.5 Å². The van der Waals surface area contributed by atoms with Gasteiger partial charge < -0.3 is 5.11 Å². The topological polar surface area (TPSA) is 70.5 Å². The quantitative estimate of drug-likeness (QED) is 0.239. The molecule has 0 radical (unpaired) electrons. The maximum Gasteiger partial charge on any atom is 0.301 e. The van der Waals surface area contributed by atoms with Crippen LogP contribution in [0.15, 0.2) is 78.4 Å². The van der Waals surface area contributed by atoms with Crippen molar-refractivity contribution in [1.29, 1.82) is 0 Å². The Labute approximate surface area is 191 Å². The fourth-order valence-corrected chi connectivity index (χ4v) is 4.98. The van der Waals surface area contributed by atoms with E-state index >= 15 is 0 Å². The highest BCUT2D eigenvalue weighted by Crippen LogP contribution is 2.44. The van der Waals surface area contributed by atoms with Crippen molar-refractivity contribution in [2.75, 3.05) is 4.90 Å². The Morgan fingerprint density at radius 1 is 1.03 bits per heavy atom. The molecule has 32 heavy (non-hydrogen) atoms. The van der Waals surface area contributed by atoms with E-state index in [9.17, 15) is 19.1 Å². The van der Waals surface area contributed by atoms with Gasteiger partial charge in [-0.3, -0.25) is 14.5 Å². The van der Waals surface area contributed by atoms with E-state index in [2.05, 4.69) is 4.98 Å². The van der Waals surface area contributed by atoms with Crippen LogP contribution in [-0.4, -0.2) is 21.8 Å². The number of rotatable bonds is 3. The Bertz CT molecular complexity index is 1420. The molecule has 0 bridgehead atoms. The van der Waals surface area contributed by atoms with Gasteiger partial charge in [-0.15, -0.1) is 0 Å². The first kappa shape index (κ1) is 20.4. The van der Waals surface area contributed by atoms with Gasteiger partial charge in [0.1, 0.15) is 11.6 Å². The van der Waals surface area contributed by atoms with Crippen LogP contribution < -0.4 is 4.90 Å². The first-order valence-corrected chi connectivity index (χ1v) is 10.8. The summed E-state index contributed by atoms with van der Waals surface area (Å²) in [5.41, 5.74) is 1.39. The van der Waals surface area contributed by atoms with Gasteiger partial charge in [-0.2, -0.15) is 0 Å². The van der Waals surface area contributed by atoms with Crippen LogP contribution in [0.25, 0.3) is 16.0 Å². The Hall–Kier alpha value is -3.55. The number of carbonyl (C=O) groups is 2. The lowest BCUT2D eigenvalue weighted by molar-refractivity contribution is -0.132. The van der Waals surface area contributed by atoms with Crippen LogP contribution in [0, 0.1) is 5.82 Å². The molecule has 158 valence electrons. The number of hydrogen-bond acceptors (Lipinski definition) is 5. The van der Waals surface area contributed by atoms with Crippen LogP contribution >= 0.6 is 22.9 Å². The summed E-state index contributed by atoms with van der Waals surface area (Å²) >= 11 is 7.29. The number of nitrogens with zero attached hydrogens (tertiary/aromatic N) is 2. The number of hydrogen-bond donors (Lipinski definition) is 1. The van der Waals surface area contributed by atoms with Gasteiger partial charge in [0.25, 0.3) is 5.78 Å². The van der Waals surface area contributed by atoms with E-state index in [4.69, 9.17) is 11.6 Å². The molecular formula is C24H14ClFN2O3S. The van der Waals surface area contributed by atoms with Crippen LogP contribution in [0.4, 0.5) is 9.52 Å². The van der Waals surface area contributed by atoms with E-state index in [1.165, 1.54) is 23.1 Å². The van der Waals surface area contributed by atoms with Gasteiger partial charge in [0, 0.05) is 10.6 Å². The number of Topliss-reactive ketones (excluding diaryl/α,β-unsaturated/α-hetero) is 1. The molecule has 1 unspecified atom stereocenters. The lowest BCUT2D eigenvalue weighted by atomic mass is 9.95. The lowest BCUT2D eigenvalue weighted by Gasteiger charge is -2.23. The molecule has 1 aliphatic heterocycles. The molecule has 1 N–H and O–H groups in total. The molecular weight excluding hydrogens is 451 g/mol. The number of aliphatic hydroxyl groups is 1. The standard InChI is InChI=1S/C24H14ClFN2O3S/c25-15-8-4-7-14(11-15)20-19(21(29)13-5-2-1-3-6-13)22(30)23(31)28(20)24-27-17-10-9-16(26)12-18(17)32-24/h1-12,20,29H. The first-order chi connectivity index (χ1) is 15.4. The molecule has 2 heterocycles. The Kier molecular flexibility index (Phi) is 5.00. The molecule has 1 fully saturated rings. The Balaban J connectivity index is 1.75. The lowest BCUT2D eigenvalue weighted by Crippen LogP contribution is -2.29. The van der Waals surface area contributed by atoms with Gasteiger partial charge in [-0.25, -0.2) is 9.37 Å². The summed E-state index contributed by atoms with van der Waals surface area (Å²) in [6.07, 6.45) is 0. The maximum absolute atomic E-state index is 13.7. The second-order valence-corrected chi connectivity index (χ2v) is 8.64. The molecule has 4 aromatic rings. The number of benzene rings is 3. The smallest absolute Gasteiger partial charge is 0.301 e. The normalized spacial score (nSPS) is 17.9. The zero-order valence-electron chi connectivity index (χ0n) is 16.3. The number of ketones is 1. The molecule has 0 spiro atoms. The van der Waals surface area contributed by atoms with Crippen molar-refractivity contribution in [1.82, 2.24) is 4.98 Å². The van der Waals surface area contributed by atoms with Crippen LogP contribution in [0.2, 0.25) is 5.02 Å². The number of fused-ring (bicyclic) bond motifs is 1. The first-order valence-electron chi connectivity index (χ1n) is 9.62. The molecule has 3 aromatic carbocycles. The van der Waals surface area contributed by atoms with Gasteiger partial charge in [0.2, 0.25) is 0 Å². The van der Waals surface area contributed by atoms with E-state index in [0.717, 1.165) is 11.3 Å². The van der Waals surface area contributed by atoms with Crippen LogP contribution in [0.3, 0.4) is 0 Å². The summed E-state index contributed by atoms with van der Waals surface area (Å²) in [6, 6.07) is 18.4. The van der Waals surface area contributed by atoms with E-state index < -0.39 is 23.5 Å². The minimum atomic E-state index is -0.945. The van der Waals surface area contributed by atoms with E-state index in [0.29, 0.717) is 26.4 Å². The molecule has 0 aliphatic carbocycles. The number of amides is 1. The molecule has 1 aliphatic rings. The van der Waals surface area contributed by atoms with Crippen LogP contribution in [0.1, 0.15) is 17.2 Å². The largest absolute Gasteiger partial charge is 0.507 e. The van der Waals surface area contributed by atoms with Crippen molar-refractivity contribution in [2.45, 2.75) is 6.04 Å². The Morgan fingerprint density at radius 3 is 2.56 bits per heavy atom. The highest BCUT2D eigenvalue weighted by Gasteiger charge is 2.48. The third kappa shape index (κ3) is 3.36. The predicted molar refractivity (Wildman–Crippen MR) is 122 cm³/mol. The highest BCUT2D eigenvalue weighted by atomic mass is 35.5. The SMILES string of the molecule is O=C1C(=O)N(c2nc3ccc(F)cc3s2)C(c2cccc(Cl)c2)C1=C(O)c1ccccc1. The maximum atomic E-state index is 13.7. The monoisotopic (exact) mass is 464 g/mol. The second kappa shape index (κ2) is 7.85. The van der Waals surface area contributed by atoms with Crippen molar-refractivity contribution in [3.63, 3.8) is 0 Å². The van der Waals surface area contributed by atoms with E-state index in [1.807, 2.05) is 0 Å². The van der Waals surface area contributed by atoms with Crippen molar-refractivity contribution >= 4 is 55.7 Å². The number of anilines is 1. The van der Waals surface area contributed by atoms with Crippen LogP contribution in [-0.2, 0) is 9.59 Å². The zero-order valence-corrected chi connectivity index (χ0v) is 17.9. The zero-order chi connectivity index (χ0) is 22.4. The molecule has 1 amide bonds. The molecule has 1 saturated heterocycles. The van der Waals surface area contributed by atoms with Gasteiger partial charge in [0.15, 0.2) is 5.13 Å². The number of halogens is 2. The van der Waals surface area contributed by atoms with E-state index in [1.54, 1.807) is 54.6 Å². The number of thiazole rings is 1. The summed E-state index contributed by atoms with van der Waals surface area (Å²) in [5.74, 6) is -2.37. The molecule has 5 rings (SSSR count). The van der Waals surface area contributed by atoms with Gasteiger partial charge in [-0.1, -0.05) is 65.4 Å². The third-order valence-electron chi connectivity index (χ3n) is 5.20. The van der Waals surface area contributed by atoms with Gasteiger partial charge in [-0.05, 0) is 35.9 Å². The molecule has 0 saturated carbocycles. The summed E-state index contributed by atoms with van der Waals surface area (Å²) < 4.78 is 14.2. The average Bonchev–Trinajstić information content (AvgIpc) is 3.32. The highest BCUT2D eigenvalue weighted by molar-refractivity contribution is 7.22. The number of carbonyl (C=O) groups excluding carboxylic acids is 2. The summed E-state index contributed by atoms with van der Waals surface area (Å²) in [5, 5.41) is 11.7. The molecule has 1 atom stereocenters. The average molecular weight is 465 g/mol. The minimum absolute atomic E-state index is 0.0612. The van der Waals surface area contributed by atoms with Crippen LogP contribution in [0.5, 0.6) is 0 Å². The minimum Gasteiger partial charge on any atom is -0.507 e. The Morgan fingerprint density at radius 2 is 1.81 bits per heavy atom. The fraction of sp³-hybridized carbons (Fsp3) is 0.0417. The molecule has 1 aromatic heterocycles. The van der Waals surface area contributed by atoms with Gasteiger partial charge in [0.05, 0.1) is 21.8 Å². The van der Waals surface area contributed by atoms with Crippen molar-refractivity contribution in [3.05, 3.63) is 100 Å². The third-order valence-corrected chi connectivity index (χ3v) is 6.45.